The Morgan fingerprint density at radius 1 is 1.13 bits per heavy atom. The van der Waals surface area contributed by atoms with Crippen molar-refractivity contribution in [2.45, 2.75) is 6.61 Å². The quantitative estimate of drug-likeness (QED) is 0.604. The lowest BCUT2D eigenvalue weighted by Crippen LogP contribution is -1.98. The number of hydrogen-bond donors (Lipinski definition) is 0. The minimum absolute atomic E-state index is 0.00234. The van der Waals surface area contributed by atoms with Crippen LogP contribution in [0.25, 0.3) is 6.08 Å². The van der Waals surface area contributed by atoms with Gasteiger partial charge in [-0.2, -0.15) is 10.5 Å². The van der Waals surface area contributed by atoms with Crippen molar-refractivity contribution >= 4 is 45.2 Å². The van der Waals surface area contributed by atoms with E-state index in [4.69, 9.17) is 38.5 Å². The van der Waals surface area contributed by atoms with Gasteiger partial charge in [0.2, 0.25) is 0 Å². The summed E-state index contributed by atoms with van der Waals surface area (Å²) >= 11 is 15.3. The summed E-state index contributed by atoms with van der Waals surface area (Å²) in [5.74, 6) is 0.544. The van der Waals surface area contributed by atoms with E-state index in [-0.39, 0.29) is 12.2 Å². The highest BCUT2D eigenvalue weighted by molar-refractivity contribution is 9.10. The first-order chi connectivity index (χ1) is 11.0. The van der Waals surface area contributed by atoms with E-state index in [1.807, 2.05) is 18.2 Å². The molecule has 2 aromatic rings. The Morgan fingerprint density at radius 2 is 1.87 bits per heavy atom. The molecular formula is C17H9BrCl2N2O. The highest BCUT2D eigenvalue weighted by atomic mass is 79.9. The van der Waals surface area contributed by atoms with Gasteiger partial charge in [0.15, 0.2) is 0 Å². The van der Waals surface area contributed by atoms with Crippen LogP contribution >= 0.6 is 39.1 Å². The molecule has 0 unspecified atom stereocenters. The maximum atomic E-state index is 8.89. The first-order valence-corrected chi connectivity index (χ1v) is 7.96. The molecule has 0 N–H and O–H groups in total. The van der Waals surface area contributed by atoms with Crippen LogP contribution < -0.4 is 4.74 Å². The summed E-state index contributed by atoms with van der Waals surface area (Å²) in [4.78, 5) is 0. The van der Waals surface area contributed by atoms with Crippen molar-refractivity contribution in [2.24, 2.45) is 0 Å². The lowest BCUT2D eigenvalue weighted by Gasteiger charge is -2.11. The van der Waals surface area contributed by atoms with E-state index in [1.165, 1.54) is 6.08 Å². The fourth-order valence-corrected chi connectivity index (χ4v) is 2.64. The largest absolute Gasteiger partial charge is 0.488 e. The summed E-state index contributed by atoms with van der Waals surface area (Å²) < 4.78 is 6.59. The van der Waals surface area contributed by atoms with Crippen molar-refractivity contribution in [3.05, 3.63) is 67.6 Å². The molecule has 0 heterocycles. The molecule has 23 heavy (non-hydrogen) atoms. The number of benzene rings is 2. The molecule has 2 aromatic carbocycles. The van der Waals surface area contributed by atoms with Gasteiger partial charge in [-0.1, -0.05) is 45.2 Å². The zero-order valence-corrected chi connectivity index (χ0v) is 14.8. The van der Waals surface area contributed by atoms with Crippen LogP contribution in [0, 0.1) is 22.7 Å². The zero-order chi connectivity index (χ0) is 16.8. The minimum Gasteiger partial charge on any atom is -0.488 e. The van der Waals surface area contributed by atoms with Crippen LogP contribution in [0.15, 0.2) is 46.4 Å². The third-order valence-corrected chi connectivity index (χ3v) is 3.99. The van der Waals surface area contributed by atoms with Crippen LogP contribution in [0.3, 0.4) is 0 Å². The topological polar surface area (TPSA) is 56.8 Å². The summed E-state index contributed by atoms with van der Waals surface area (Å²) in [6.07, 6.45) is 1.48. The minimum atomic E-state index is -0.00234. The Hall–Kier alpha value is -1.98. The van der Waals surface area contributed by atoms with Crippen molar-refractivity contribution in [1.82, 2.24) is 0 Å². The first-order valence-electron chi connectivity index (χ1n) is 6.41. The Labute approximate surface area is 152 Å². The average molecular weight is 408 g/mol. The molecule has 0 saturated heterocycles. The molecule has 3 nitrogen and oxygen atoms in total. The maximum absolute atomic E-state index is 8.89. The average Bonchev–Trinajstić information content (AvgIpc) is 2.53. The monoisotopic (exact) mass is 406 g/mol. The van der Waals surface area contributed by atoms with Crippen molar-refractivity contribution in [3.8, 4) is 17.9 Å². The summed E-state index contributed by atoms with van der Waals surface area (Å²) in [6, 6.07) is 14.2. The van der Waals surface area contributed by atoms with E-state index in [9.17, 15) is 0 Å². The van der Waals surface area contributed by atoms with Crippen LogP contribution in [-0.4, -0.2) is 0 Å². The molecular weight excluding hydrogens is 399 g/mol. The van der Waals surface area contributed by atoms with Gasteiger partial charge in [0, 0.05) is 25.6 Å². The lowest BCUT2D eigenvalue weighted by molar-refractivity contribution is 0.305. The Balaban J connectivity index is 2.28. The molecule has 6 heteroatoms. The summed E-state index contributed by atoms with van der Waals surface area (Å²) in [6.45, 7) is 0.243. The van der Waals surface area contributed by atoms with Crippen LogP contribution in [0.1, 0.15) is 11.1 Å². The fraction of sp³-hybridized carbons (Fsp3) is 0.0588. The lowest BCUT2D eigenvalue weighted by atomic mass is 10.1. The summed E-state index contributed by atoms with van der Waals surface area (Å²) in [5.41, 5.74) is 1.41. The van der Waals surface area contributed by atoms with Gasteiger partial charge in [-0.25, -0.2) is 0 Å². The van der Waals surface area contributed by atoms with Crippen molar-refractivity contribution < 1.29 is 4.74 Å². The van der Waals surface area contributed by atoms with Gasteiger partial charge < -0.3 is 4.74 Å². The normalized spacial score (nSPS) is 9.61. The molecule has 0 bridgehead atoms. The predicted octanol–water partition coefficient (Wildman–Crippen LogP) is 5.77. The number of halogens is 3. The third kappa shape index (κ3) is 4.74. The van der Waals surface area contributed by atoms with Gasteiger partial charge >= 0.3 is 0 Å². The van der Waals surface area contributed by atoms with E-state index >= 15 is 0 Å². The summed E-state index contributed by atoms with van der Waals surface area (Å²) in [5, 5.41) is 18.9. The molecule has 0 aliphatic heterocycles. The van der Waals surface area contributed by atoms with Crippen LogP contribution in [0.2, 0.25) is 10.0 Å². The standard InChI is InChI=1S/C17H9BrCl2N2O/c18-14-2-4-17(13(6-14)5-11(8-21)9-22)23-10-12-1-3-15(19)7-16(12)20/h1-7H,10H2. The van der Waals surface area contributed by atoms with E-state index in [0.717, 1.165) is 10.0 Å². The molecule has 0 aromatic heterocycles. The van der Waals surface area contributed by atoms with Gasteiger partial charge in [-0.3, -0.25) is 0 Å². The molecule has 0 aliphatic rings. The SMILES string of the molecule is N#CC(C#N)=Cc1cc(Br)ccc1OCc1ccc(Cl)cc1Cl. The van der Waals surface area contributed by atoms with E-state index in [0.29, 0.717) is 21.4 Å². The van der Waals surface area contributed by atoms with Crippen molar-refractivity contribution in [2.75, 3.05) is 0 Å². The fourth-order valence-electron chi connectivity index (χ4n) is 1.80. The molecule has 0 fully saturated rings. The second-order valence-electron chi connectivity index (χ2n) is 4.49. The van der Waals surface area contributed by atoms with Crippen LogP contribution in [-0.2, 0) is 6.61 Å². The smallest absolute Gasteiger partial charge is 0.130 e. The van der Waals surface area contributed by atoms with Gasteiger partial charge in [0.05, 0.1) is 0 Å². The molecule has 0 saturated carbocycles. The number of rotatable bonds is 4. The van der Waals surface area contributed by atoms with E-state index in [1.54, 1.807) is 30.3 Å². The molecule has 114 valence electrons. The predicted molar refractivity (Wildman–Crippen MR) is 94.1 cm³/mol. The number of allylic oxidation sites excluding steroid dienone is 1. The highest BCUT2D eigenvalue weighted by Crippen LogP contribution is 2.28. The molecule has 0 atom stereocenters. The number of ether oxygens (including phenoxy) is 1. The van der Waals surface area contributed by atoms with Crippen LogP contribution in [0.4, 0.5) is 0 Å². The molecule has 0 amide bonds. The van der Waals surface area contributed by atoms with E-state index in [2.05, 4.69) is 15.9 Å². The van der Waals surface area contributed by atoms with Gasteiger partial charge in [-0.05, 0) is 36.4 Å². The number of nitrogens with zero attached hydrogens (tertiary/aromatic N) is 2. The van der Waals surface area contributed by atoms with Crippen molar-refractivity contribution in [3.63, 3.8) is 0 Å². The van der Waals surface area contributed by atoms with Crippen LogP contribution in [0.5, 0.6) is 5.75 Å². The Kier molecular flexibility index (Phi) is 6.07. The maximum Gasteiger partial charge on any atom is 0.130 e. The van der Waals surface area contributed by atoms with Gasteiger partial charge in [-0.15, -0.1) is 0 Å². The number of nitriles is 2. The first kappa shape index (κ1) is 17.4. The van der Waals surface area contributed by atoms with Gasteiger partial charge in [0.25, 0.3) is 0 Å². The second kappa shape index (κ2) is 8.04. The molecule has 0 aliphatic carbocycles. The summed E-state index contributed by atoms with van der Waals surface area (Å²) in [7, 11) is 0. The molecule has 0 spiro atoms. The highest BCUT2D eigenvalue weighted by Gasteiger charge is 2.07. The Morgan fingerprint density at radius 3 is 2.52 bits per heavy atom. The number of hydrogen-bond acceptors (Lipinski definition) is 3. The van der Waals surface area contributed by atoms with Crippen molar-refractivity contribution in [1.29, 1.82) is 10.5 Å². The zero-order valence-electron chi connectivity index (χ0n) is 11.7. The van der Waals surface area contributed by atoms with E-state index < -0.39 is 0 Å². The van der Waals surface area contributed by atoms with Gasteiger partial charge in [0.1, 0.15) is 30.1 Å². The second-order valence-corrected chi connectivity index (χ2v) is 6.25. The molecule has 0 radical (unpaired) electrons. The Bertz CT molecular complexity index is 835. The third-order valence-electron chi connectivity index (χ3n) is 2.91. The molecule has 2 rings (SSSR count).